The van der Waals surface area contributed by atoms with Crippen molar-refractivity contribution in [1.82, 2.24) is 0 Å². The lowest BCUT2D eigenvalue weighted by atomic mass is 10.2. The van der Waals surface area contributed by atoms with Gasteiger partial charge in [-0.1, -0.05) is 6.07 Å². The fourth-order valence-electron chi connectivity index (χ4n) is 0.978. The second-order valence-electron chi connectivity index (χ2n) is 2.49. The van der Waals surface area contributed by atoms with Crippen molar-refractivity contribution < 1.29 is 4.39 Å². The van der Waals surface area contributed by atoms with Gasteiger partial charge in [0.25, 0.3) is 0 Å². The summed E-state index contributed by atoms with van der Waals surface area (Å²) in [5.74, 6) is 5.23. The van der Waals surface area contributed by atoms with Gasteiger partial charge in [-0.05, 0) is 19.1 Å². The Labute approximate surface area is 65.4 Å². The van der Waals surface area contributed by atoms with E-state index in [2.05, 4.69) is 0 Å². The zero-order valence-electron chi connectivity index (χ0n) is 6.63. The number of anilines is 1. The highest BCUT2D eigenvalue weighted by Crippen LogP contribution is 2.18. The van der Waals surface area contributed by atoms with Crippen LogP contribution in [0, 0.1) is 12.7 Å². The molecule has 0 aromatic heterocycles. The van der Waals surface area contributed by atoms with Crippen LogP contribution in [0.3, 0.4) is 0 Å². The third-order valence-corrected chi connectivity index (χ3v) is 1.62. The summed E-state index contributed by atoms with van der Waals surface area (Å²) >= 11 is 0. The number of halogens is 1. The topological polar surface area (TPSA) is 29.3 Å². The second-order valence-corrected chi connectivity index (χ2v) is 2.49. The van der Waals surface area contributed by atoms with Crippen molar-refractivity contribution in [1.29, 1.82) is 0 Å². The Kier molecular flexibility index (Phi) is 2.10. The van der Waals surface area contributed by atoms with Gasteiger partial charge in [0, 0.05) is 12.6 Å². The summed E-state index contributed by atoms with van der Waals surface area (Å²) in [4.78, 5) is 0. The van der Waals surface area contributed by atoms with E-state index in [-0.39, 0.29) is 5.82 Å². The quantitative estimate of drug-likeness (QED) is 0.490. The Morgan fingerprint density at radius 1 is 1.45 bits per heavy atom. The second kappa shape index (κ2) is 2.88. The Morgan fingerprint density at radius 2 is 2.09 bits per heavy atom. The van der Waals surface area contributed by atoms with Crippen LogP contribution >= 0.6 is 0 Å². The van der Waals surface area contributed by atoms with E-state index in [9.17, 15) is 4.39 Å². The van der Waals surface area contributed by atoms with Gasteiger partial charge in [-0.25, -0.2) is 10.2 Å². The fraction of sp³-hybridized carbons (Fsp3) is 0.250. The van der Waals surface area contributed by atoms with Crippen molar-refractivity contribution in [3.63, 3.8) is 0 Å². The molecule has 1 aromatic rings. The predicted molar refractivity (Wildman–Crippen MR) is 43.7 cm³/mol. The van der Waals surface area contributed by atoms with Crippen molar-refractivity contribution in [2.45, 2.75) is 6.92 Å². The molecule has 1 rings (SSSR count). The van der Waals surface area contributed by atoms with Gasteiger partial charge in [0.15, 0.2) is 0 Å². The van der Waals surface area contributed by atoms with Crippen LogP contribution in [0.4, 0.5) is 10.1 Å². The van der Waals surface area contributed by atoms with Gasteiger partial charge in [0.2, 0.25) is 0 Å². The number of benzene rings is 1. The molecular formula is C8H11FN2. The molecule has 0 aliphatic carbocycles. The third-order valence-electron chi connectivity index (χ3n) is 1.62. The first-order valence-electron chi connectivity index (χ1n) is 3.36. The van der Waals surface area contributed by atoms with Crippen LogP contribution in [0.5, 0.6) is 0 Å². The van der Waals surface area contributed by atoms with Crippen LogP contribution in [0.25, 0.3) is 0 Å². The van der Waals surface area contributed by atoms with Crippen LogP contribution in [0.2, 0.25) is 0 Å². The Balaban J connectivity index is 3.17. The maximum Gasteiger partial charge on any atom is 0.128 e. The van der Waals surface area contributed by atoms with Crippen LogP contribution in [0.1, 0.15) is 5.56 Å². The molecule has 0 radical (unpaired) electrons. The number of hydrazine groups is 1. The predicted octanol–water partition coefficient (Wildman–Crippen LogP) is 1.44. The van der Waals surface area contributed by atoms with Gasteiger partial charge in [-0.2, -0.15) is 0 Å². The van der Waals surface area contributed by atoms with E-state index in [1.807, 2.05) is 0 Å². The molecule has 2 nitrogen and oxygen atoms in total. The summed E-state index contributed by atoms with van der Waals surface area (Å²) < 4.78 is 12.9. The molecule has 0 heterocycles. The molecule has 0 saturated heterocycles. The summed E-state index contributed by atoms with van der Waals surface area (Å²) in [5, 5.41) is 1.40. The molecule has 2 N–H and O–H groups in total. The van der Waals surface area contributed by atoms with Crippen molar-refractivity contribution in [3.05, 3.63) is 29.6 Å². The zero-order chi connectivity index (χ0) is 8.43. The van der Waals surface area contributed by atoms with Gasteiger partial charge in [0.1, 0.15) is 5.82 Å². The first-order chi connectivity index (χ1) is 5.13. The van der Waals surface area contributed by atoms with E-state index in [0.717, 1.165) is 0 Å². The molecule has 0 unspecified atom stereocenters. The highest BCUT2D eigenvalue weighted by atomic mass is 19.1. The summed E-state index contributed by atoms with van der Waals surface area (Å²) in [6, 6.07) is 4.84. The van der Waals surface area contributed by atoms with Crippen LogP contribution < -0.4 is 10.9 Å². The van der Waals surface area contributed by atoms with Crippen molar-refractivity contribution in [3.8, 4) is 0 Å². The van der Waals surface area contributed by atoms with Gasteiger partial charge in [0.05, 0.1) is 5.69 Å². The maximum atomic E-state index is 12.9. The first-order valence-corrected chi connectivity index (χ1v) is 3.36. The summed E-state index contributed by atoms with van der Waals surface area (Å²) in [5.41, 5.74) is 1.29. The molecule has 60 valence electrons. The van der Waals surface area contributed by atoms with E-state index in [0.29, 0.717) is 11.3 Å². The first kappa shape index (κ1) is 8.01. The summed E-state index contributed by atoms with van der Waals surface area (Å²) in [7, 11) is 1.68. The Hall–Kier alpha value is -1.09. The Morgan fingerprint density at radius 3 is 2.55 bits per heavy atom. The van der Waals surface area contributed by atoms with Crippen molar-refractivity contribution in [2.24, 2.45) is 5.84 Å². The van der Waals surface area contributed by atoms with Crippen LogP contribution in [-0.2, 0) is 0 Å². The molecule has 3 heteroatoms. The lowest BCUT2D eigenvalue weighted by Gasteiger charge is -2.14. The van der Waals surface area contributed by atoms with E-state index in [1.54, 1.807) is 26.1 Å². The summed E-state index contributed by atoms with van der Waals surface area (Å²) in [6.45, 7) is 1.70. The highest BCUT2D eigenvalue weighted by Gasteiger charge is 2.03. The normalized spacial score (nSPS) is 9.82. The van der Waals surface area contributed by atoms with E-state index >= 15 is 0 Å². The minimum atomic E-state index is -0.222. The third kappa shape index (κ3) is 1.49. The standard InChI is InChI=1S/C8H11FN2/c1-6-7(9)4-3-5-8(6)11(2)10/h3-5H,10H2,1-2H3. The van der Waals surface area contributed by atoms with Gasteiger partial charge >= 0.3 is 0 Å². The SMILES string of the molecule is Cc1c(F)cccc1N(C)N. The smallest absolute Gasteiger partial charge is 0.128 e. The molecule has 0 fully saturated rings. The minimum absolute atomic E-state index is 0.222. The molecule has 0 saturated carbocycles. The molecule has 0 spiro atoms. The average molecular weight is 154 g/mol. The summed E-state index contributed by atoms with van der Waals surface area (Å²) in [6.07, 6.45) is 0. The average Bonchev–Trinajstić information content (AvgIpc) is 1.94. The lowest BCUT2D eigenvalue weighted by molar-refractivity contribution is 0.618. The van der Waals surface area contributed by atoms with Crippen LogP contribution in [0.15, 0.2) is 18.2 Å². The highest BCUT2D eigenvalue weighted by molar-refractivity contribution is 5.51. The molecule has 0 amide bonds. The number of nitrogens with zero attached hydrogens (tertiary/aromatic N) is 1. The minimum Gasteiger partial charge on any atom is -0.314 e. The number of rotatable bonds is 1. The maximum absolute atomic E-state index is 12.9. The molecule has 1 aromatic carbocycles. The van der Waals surface area contributed by atoms with Gasteiger partial charge in [-0.15, -0.1) is 0 Å². The van der Waals surface area contributed by atoms with Crippen molar-refractivity contribution in [2.75, 3.05) is 12.1 Å². The molecule has 0 aliphatic heterocycles. The van der Waals surface area contributed by atoms with Crippen LogP contribution in [-0.4, -0.2) is 7.05 Å². The molecule has 0 aliphatic rings. The Bertz CT molecular complexity index is 258. The molecule has 11 heavy (non-hydrogen) atoms. The largest absolute Gasteiger partial charge is 0.314 e. The van der Waals surface area contributed by atoms with E-state index in [4.69, 9.17) is 5.84 Å². The lowest BCUT2D eigenvalue weighted by Crippen LogP contribution is -2.25. The van der Waals surface area contributed by atoms with E-state index < -0.39 is 0 Å². The number of hydrogen-bond donors (Lipinski definition) is 1. The van der Waals surface area contributed by atoms with E-state index in [1.165, 1.54) is 11.1 Å². The molecule has 0 bridgehead atoms. The monoisotopic (exact) mass is 154 g/mol. The fourth-order valence-corrected chi connectivity index (χ4v) is 0.978. The molecular weight excluding hydrogens is 143 g/mol. The number of hydrogen-bond acceptors (Lipinski definition) is 2. The van der Waals surface area contributed by atoms with Gasteiger partial charge in [-0.3, -0.25) is 0 Å². The van der Waals surface area contributed by atoms with Crippen molar-refractivity contribution >= 4 is 5.69 Å². The number of nitrogens with two attached hydrogens (primary N) is 1. The van der Waals surface area contributed by atoms with Gasteiger partial charge < -0.3 is 5.01 Å². The zero-order valence-corrected chi connectivity index (χ0v) is 6.63. The molecule has 0 atom stereocenters.